The molecule has 3 heteroatoms. The van der Waals surface area contributed by atoms with E-state index in [0.717, 1.165) is 5.01 Å². The number of alkyl halides is 1. The minimum absolute atomic E-state index is 0.405. The molecule has 0 amide bonds. The molecule has 8 heavy (non-hydrogen) atoms. The zero-order valence-corrected chi connectivity index (χ0v) is 6.87. The lowest BCUT2D eigenvalue weighted by Gasteiger charge is -1.91. The van der Waals surface area contributed by atoms with E-state index in [2.05, 4.69) is 27.8 Å². The Morgan fingerprint density at radius 2 is 2.62 bits per heavy atom. The van der Waals surface area contributed by atoms with Crippen LogP contribution in [-0.4, -0.2) is 4.98 Å². The molecule has 0 bridgehead atoms. The van der Waals surface area contributed by atoms with Gasteiger partial charge in [-0.2, -0.15) is 0 Å². The molecule has 0 spiro atoms. The molecule has 1 aromatic rings. The predicted octanol–water partition coefficient (Wildman–Crippen LogP) is 2.60. The van der Waals surface area contributed by atoms with E-state index < -0.39 is 0 Å². The van der Waals surface area contributed by atoms with E-state index in [1.54, 1.807) is 11.3 Å². The van der Waals surface area contributed by atoms with Gasteiger partial charge in [0, 0.05) is 11.6 Å². The second kappa shape index (κ2) is 2.60. The summed E-state index contributed by atoms with van der Waals surface area (Å²) < 4.78 is 0. The molecule has 0 saturated carbocycles. The van der Waals surface area contributed by atoms with E-state index >= 15 is 0 Å². The number of rotatable bonds is 1. The van der Waals surface area contributed by atoms with Crippen LogP contribution in [0.2, 0.25) is 0 Å². The Labute approximate surface area is 60.9 Å². The molecular formula is C5H6BrNS. The van der Waals surface area contributed by atoms with Gasteiger partial charge in [-0.15, -0.1) is 11.3 Å². The van der Waals surface area contributed by atoms with Crippen LogP contribution >= 0.6 is 27.3 Å². The van der Waals surface area contributed by atoms with Gasteiger partial charge in [-0.05, 0) is 6.92 Å². The third kappa shape index (κ3) is 1.29. The van der Waals surface area contributed by atoms with E-state index in [9.17, 15) is 0 Å². The maximum Gasteiger partial charge on any atom is 0.106 e. The number of hydrogen-bond acceptors (Lipinski definition) is 2. The highest BCUT2D eigenvalue weighted by Gasteiger charge is 1.99. The second-order valence-electron chi connectivity index (χ2n) is 1.49. The quantitative estimate of drug-likeness (QED) is 0.623. The second-order valence-corrected chi connectivity index (χ2v) is 3.79. The Balaban J connectivity index is 2.77. The standard InChI is InChI=1S/C5H6BrNS/c1-4(6)5-7-2-3-8-5/h2-4H,1H3. The molecule has 1 unspecified atom stereocenters. The molecule has 0 N–H and O–H groups in total. The molecule has 1 rings (SSSR count). The highest BCUT2D eigenvalue weighted by Crippen LogP contribution is 2.22. The number of nitrogens with zero attached hydrogens (tertiary/aromatic N) is 1. The van der Waals surface area contributed by atoms with Gasteiger partial charge in [-0.3, -0.25) is 0 Å². The van der Waals surface area contributed by atoms with E-state index in [1.807, 2.05) is 11.6 Å². The number of thiazole rings is 1. The maximum absolute atomic E-state index is 4.09. The molecule has 1 nitrogen and oxygen atoms in total. The molecule has 1 atom stereocenters. The van der Waals surface area contributed by atoms with Crippen molar-refractivity contribution >= 4 is 27.3 Å². The van der Waals surface area contributed by atoms with Crippen molar-refractivity contribution < 1.29 is 0 Å². The first kappa shape index (κ1) is 6.23. The summed E-state index contributed by atoms with van der Waals surface area (Å²) in [6, 6.07) is 0. The third-order valence-corrected chi connectivity index (χ3v) is 2.49. The summed E-state index contributed by atoms with van der Waals surface area (Å²) in [5, 5.41) is 3.12. The monoisotopic (exact) mass is 191 g/mol. The predicted molar refractivity (Wildman–Crippen MR) is 39.5 cm³/mol. The maximum atomic E-state index is 4.09. The van der Waals surface area contributed by atoms with Gasteiger partial charge in [-0.1, -0.05) is 15.9 Å². The van der Waals surface area contributed by atoms with Crippen LogP contribution in [0.5, 0.6) is 0 Å². The van der Waals surface area contributed by atoms with Crippen molar-refractivity contribution in [3.8, 4) is 0 Å². The molecule has 44 valence electrons. The highest BCUT2D eigenvalue weighted by atomic mass is 79.9. The van der Waals surface area contributed by atoms with Gasteiger partial charge in [0.05, 0.1) is 4.83 Å². The van der Waals surface area contributed by atoms with Gasteiger partial charge in [0.15, 0.2) is 0 Å². The van der Waals surface area contributed by atoms with Gasteiger partial charge >= 0.3 is 0 Å². The molecular weight excluding hydrogens is 186 g/mol. The average molecular weight is 192 g/mol. The molecule has 0 aliphatic rings. The smallest absolute Gasteiger partial charge is 0.106 e. The van der Waals surface area contributed by atoms with Crippen molar-refractivity contribution in [2.24, 2.45) is 0 Å². The molecule has 0 saturated heterocycles. The van der Waals surface area contributed by atoms with E-state index in [4.69, 9.17) is 0 Å². The molecule has 1 aromatic heterocycles. The normalized spacial score (nSPS) is 13.8. The van der Waals surface area contributed by atoms with Crippen LogP contribution in [0.3, 0.4) is 0 Å². The van der Waals surface area contributed by atoms with E-state index in [0.29, 0.717) is 4.83 Å². The van der Waals surface area contributed by atoms with Crippen molar-refractivity contribution in [1.29, 1.82) is 0 Å². The summed E-state index contributed by atoms with van der Waals surface area (Å²) in [7, 11) is 0. The van der Waals surface area contributed by atoms with Gasteiger partial charge in [0.1, 0.15) is 5.01 Å². The first-order valence-corrected chi connectivity index (χ1v) is 4.13. The van der Waals surface area contributed by atoms with Crippen molar-refractivity contribution in [2.75, 3.05) is 0 Å². The lowest BCUT2D eigenvalue weighted by Crippen LogP contribution is -1.77. The highest BCUT2D eigenvalue weighted by molar-refractivity contribution is 9.09. The largest absolute Gasteiger partial charge is 0.249 e. The first-order chi connectivity index (χ1) is 3.80. The van der Waals surface area contributed by atoms with Crippen molar-refractivity contribution in [2.45, 2.75) is 11.8 Å². The van der Waals surface area contributed by atoms with E-state index in [-0.39, 0.29) is 0 Å². The number of halogens is 1. The van der Waals surface area contributed by atoms with Crippen LogP contribution in [0.1, 0.15) is 16.8 Å². The van der Waals surface area contributed by atoms with Crippen molar-refractivity contribution in [3.05, 3.63) is 16.6 Å². The third-order valence-electron chi connectivity index (χ3n) is 0.792. The zero-order chi connectivity index (χ0) is 5.98. The minimum atomic E-state index is 0.405. The Morgan fingerprint density at radius 1 is 1.88 bits per heavy atom. The summed E-state index contributed by atoms with van der Waals surface area (Å²) >= 11 is 5.08. The lowest BCUT2D eigenvalue weighted by atomic mass is 10.5. The Morgan fingerprint density at radius 3 is 2.88 bits per heavy atom. The fourth-order valence-electron chi connectivity index (χ4n) is 0.431. The number of hydrogen-bond donors (Lipinski definition) is 0. The average Bonchev–Trinajstić information content (AvgIpc) is 2.12. The topological polar surface area (TPSA) is 12.9 Å². The van der Waals surface area contributed by atoms with Crippen LogP contribution < -0.4 is 0 Å². The van der Waals surface area contributed by atoms with Crippen LogP contribution in [0.4, 0.5) is 0 Å². The SMILES string of the molecule is CC(Br)c1nccs1. The van der Waals surface area contributed by atoms with Crippen LogP contribution in [0, 0.1) is 0 Å². The van der Waals surface area contributed by atoms with Gasteiger partial charge in [0.2, 0.25) is 0 Å². The number of aromatic nitrogens is 1. The van der Waals surface area contributed by atoms with Gasteiger partial charge in [0.25, 0.3) is 0 Å². The summed E-state index contributed by atoms with van der Waals surface area (Å²) in [5.41, 5.74) is 0. The molecule has 0 aliphatic heterocycles. The Bertz CT molecular complexity index is 147. The lowest BCUT2D eigenvalue weighted by molar-refractivity contribution is 1.08. The van der Waals surface area contributed by atoms with Crippen LogP contribution in [0.15, 0.2) is 11.6 Å². The first-order valence-electron chi connectivity index (χ1n) is 2.34. The minimum Gasteiger partial charge on any atom is -0.249 e. The van der Waals surface area contributed by atoms with Crippen molar-refractivity contribution in [3.63, 3.8) is 0 Å². The van der Waals surface area contributed by atoms with Gasteiger partial charge in [-0.25, -0.2) is 4.98 Å². The Hall–Kier alpha value is 0.110. The fraction of sp³-hybridized carbons (Fsp3) is 0.400. The summed E-state index contributed by atoms with van der Waals surface area (Å²) in [6.07, 6.45) is 1.82. The zero-order valence-electron chi connectivity index (χ0n) is 4.47. The van der Waals surface area contributed by atoms with Crippen molar-refractivity contribution in [1.82, 2.24) is 4.98 Å². The molecule has 1 heterocycles. The Kier molecular flexibility index (Phi) is 2.02. The molecule has 0 aliphatic carbocycles. The summed E-state index contributed by atoms with van der Waals surface area (Å²) in [5.74, 6) is 0. The summed E-state index contributed by atoms with van der Waals surface area (Å²) in [6.45, 7) is 2.07. The van der Waals surface area contributed by atoms with Crippen LogP contribution in [-0.2, 0) is 0 Å². The fourth-order valence-corrected chi connectivity index (χ4v) is 1.44. The summed E-state index contributed by atoms with van der Waals surface area (Å²) in [4.78, 5) is 4.49. The molecule has 0 radical (unpaired) electrons. The van der Waals surface area contributed by atoms with Crippen LogP contribution in [0.25, 0.3) is 0 Å². The van der Waals surface area contributed by atoms with E-state index in [1.165, 1.54) is 0 Å². The molecule has 0 aromatic carbocycles. The molecule has 0 fully saturated rings. The van der Waals surface area contributed by atoms with Gasteiger partial charge < -0.3 is 0 Å².